The summed E-state index contributed by atoms with van der Waals surface area (Å²) in [6.07, 6.45) is 0. The molecule has 11 heteroatoms. The first kappa shape index (κ1) is 34.3. The van der Waals surface area contributed by atoms with E-state index >= 15 is 0 Å². The van der Waals surface area contributed by atoms with Crippen molar-refractivity contribution in [1.82, 2.24) is 0 Å². The van der Waals surface area contributed by atoms with Gasteiger partial charge in [-0.15, -0.1) is 11.3 Å². The molecule has 0 aliphatic rings. The van der Waals surface area contributed by atoms with Crippen LogP contribution in [0, 0.1) is 31.8 Å². The Balaban J connectivity index is 1.64. The molecule has 0 N–H and O–H groups in total. The van der Waals surface area contributed by atoms with Gasteiger partial charge in [0.2, 0.25) is 5.69 Å². The zero-order chi connectivity index (χ0) is 30.1. The third-order valence-corrected chi connectivity index (χ3v) is 7.87. The average Bonchev–Trinajstić information content (AvgIpc) is 3.28. The van der Waals surface area contributed by atoms with Crippen LogP contribution in [0.1, 0.15) is 29.9 Å². The summed E-state index contributed by atoms with van der Waals surface area (Å²) in [6, 6.07) is 8.13. The van der Waals surface area contributed by atoms with Gasteiger partial charge in [-0.05, 0) is 57.0 Å². The normalized spacial score (nSPS) is 11.6. The highest BCUT2D eigenvalue weighted by Crippen LogP contribution is 2.42. The zero-order valence-electron chi connectivity index (χ0n) is 25.4. The van der Waals surface area contributed by atoms with Gasteiger partial charge in [-0.2, -0.15) is 15.5 Å². The zero-order valence-corrected chi connectivity index (χ0v) is 26.3. The summed E-state index contributed by atoms with van der Waals surface area (Å²) in [5.41, 5.74) is 3.84. The van der Waals surface area contributed by atoms with Gasteiger partial charge in [0.1, 0.15) is 17.6 Å². The molecule has 0 saturated carbocycles. The van der Waals surface area contributed by atoms with Gasteiger partial charge in [0.05, 0.1) is 90.6 Å². The van der Waals surface area contributed by atoms with Gasteiger partial charge in [-0.25, -0.2) is 4.85 Å². The fourth-order valence-corrected chi connectivity index (χ4v) is 4.59. The average molecular weight is 586 g/mol. The SMILES string of the molecule is [C-]#[N+]c1c(N=Nc2ccc(N(CC)CCOCCOCCOCCOCC[N+](C)(C)CC)cc2C)sc(C#N)c1C. The predicted molar refractivity (Wildman–Crippen MR) is 164 cm³/mol. The Labute approximate surface area is 249 Å². The number of aryl methyl sites for hydroxylation is 1. The second-order valence-corrected chi connectivity index (χ2v) is 11.1. The highest BCUT2D eigenvalue weighted by atomic mass is 32.1. The molecule has 0 aliphatic carbocycles. The van der Waals surface area contributed by atoms with E-state index in [-0.39, 0.29) is 0 Å². The number of rotatable bonds is 20. The topological polar surface area (TPSA) is 93.0 Å². The number of likely N-dealkylation sites (N-methyl/N-ethyl adjacent to an activating group) is 2. The third kappa shape index (κ3) is 11.9. The first-order valence-corrected chi connectivity index (χ1v) is 14.9. The highest BCUT2D eigenvalue weighted by molar-refractivity contribution is 7.17. The molecule has 1 aromatic carbocycles. The number of hydrogen-bond donors (Lipinski definition) is 0. The predicted octanol–water partition coefficient (Wildman–Crippen LogP) is 6.19. The van der Waals surface area contributed by atoms with Crippen LogP contribution in [0.2, 0.25) is 0 Å². The Hall–Kier alpha value is -2.90. The lowest BCUT2D eigenvalue weighted by Gasteiger charge is -2.27. The molecule has 224 valence electrons. The molecule has 0 radical (unpaired) electrons. The van der Waals surface area contributed by atoms with E-state index in [4.69, 9.17) is 25.5 Å². The summed E-state index contributed by atoms with van der Waals surface area (Å²) < 4.78 is 23.5. The van der Waals surface area contributed by atoms with Crippen LogP contribution < -0.4 is 4.90 Å². The Morgan fingerprint density at radius 1 is 0.951 bits per heavy atom. The van der Waals surface area contributed by atoms with Crippen molar-refractivity contribution in [3.8, 4) is 6.07 Å². The number of anilines is 1. The molecule has 0 unspecified atom stereocenters. The van der Waals surface area contributed by atoms with Crippen molar-refractivity contribution in [3.05, 3.63) is 45.6 Å². The summed E-state index contributed by atoms with van der Waals surface area (Å²) in [5.74, 6) is 0. The molecule has 0 atom stereocenters. The van der Waals surface area contributed by atoms with Gasteiger partial charge < -0.3 is 28.3 Å². The Bertz CT molecular complexity index is 1180. The highest BCUT2D eigenvalue weighted by Gasteiger charge is 2.15. The van der Waals surface area contributed by atoms with E-state index in [0.717, 1.165) is 54.2 Å². The monoisotopic (exact) mass is 585 g/mol. The molecule has 1 heterocycles. The fourth-order valence-electron chi connectivity index (χ4n) is 3.72. The number of azo groups is 1. The van der Waals surface area contributed by atoms with E-state index in [1.807, 2.05) is 19.1 Å². The largest absolute Gasteiger partial charge is 0.377 e. The summed E-state index contributed by atoms with van der Waals surface area (Å²) in [7, 11) is 4.40. The second-order valence-electron chi connectivity index (χ2n) is 10.1. The van der Waals surface area contributed by atoms with Crippen molar-refractivity contribution in [3.63, 3.8) is 0 Å². The van der Waals surface area contributed by atoms with Crippen LogP contribution in [0.4, 0.5) is 22.1 Å². The van der Waals surface area contributed by atoms with Crippen LogP contribution >= 0.6 is 11.3 Å². The van der Waals surface area contributed by atoms with Crippen LogP contribution in [0.3, 0.4) is 0 Å². The molecule has 2 rings (SSSR count). The van der Waals surface area contributed by atoms with Crippen LogP contribution in [-0.2, 0) is 18.9 Å². The van der Waals surface area contributed by atoms with Gasteiger partial charge in [0, 0.05) is 18.8 Å². The molecular weight excluding hydrogens is 540 g/mol. The maximum absolute atomic E-state index is 9.24. The maximum atomic E-state index is 9.24. The van der Waals surface area contributed by atoms with Crippen molar-refractivity contribution in [2.75, 3.05) is 98.0 Å². The van der Waals surface area contributed by atoms with Crippen molar-refractivity contribution >= 4 is 33.4 Å². The molecule has 41 heavy (non-hydrogen) atoms. The van der Waals surface area contributed by atoms with Gasteiger partial charge in [0.15, 0.2) is 0 Å². The van der Waals surface area contributed by atoms with Crippen LogP contribution in [-0.4, -0.2) is 97.6 Å². The molecule has 0 fully saturated rings. The molecule has 1 aromatic heterocycles. The van der Waals surface area contributed by atoms with Gasteiger partial charge >= 0.3 is 0 Å². The maximum Gasteiger partial charge on any atom is 0.229 e. The second kappa shape index (κ2) is 18.5. The minimum absolute atomic E-state index is 0.392. The first-order valence-electron chi connectivity index (χ1n) is 14.1. The summed E-state index contributed by atoms with van der Waals surface area (Å²) >= 11 is 1.19. The minimum atomic E-state index is 0.392. The molecule has 0 saturated heterocycles. The number of ether oxygens (including phenoxy) is 4. The molecule has 0 bridgehead atoms. The lowest BCUT2D eigenvalue weighted by molar-refractivity contribution is -0.888. The van der Waals surface area contributed by atoms with E-state index in [9.17, 15) is 5.26 Å². The molecule has 2 aromatic rings. The summed E-state index contributed by atoms with van der Waals surface area (Å²) in [6.45, 7) is 23.8. The van der Waals surface area contributed by atoms with Crippen LogP contribution in [0.25, 0.3) is 4.85 Å². The van der Waals surface area contributed by atoms with E-state index in [0.29, 0.717) is 67.4 Å². The molecule has 0 amide bonds. The summed E-state index contributed by atoms with van der Waals surface area (Å²) in [5, 5.41) is 18.3. The van der Waals surface area contributed by atoms with Gasteiger partial charge in [-0.3, -0.25) is 0 Å². The number of quaternary nitrogens is 1. The quantitative estimate of drug-likeness (QED) is 0.0796. The third-order valence-electron chi connectivity index (χ3n) is 6.80. The van der Waals surface area contributed by atoms with E-state index in [1.54, 1.807) is 6.92 Å². The number of thiophene rings is 1. The Kier molecular flexibility index (Phi) is 15.5. The number of nitriles is 1. The van der Waals surface area contributed by atoms with Crippen LogP contribution in [0.5, 0.6) is 0 Å². The Morgan fingerprint density at radius 2 is 1.56 bits per heavy atom. The number of benzene rings is 1. The molecule has 0 aliphatic heterocycles. The van der Waals surface area contributed by atoms with Crippen molar-refractivity contribution < 1.29 is 23.4 Å². The molecular formula is C30H45N6O4S+. The molecule has 10 nitrogen and oxygen atoms in total. The van der Waals surface area contributed by atoms with Crippen molar-refractivity contribution in [2.45, 2.75) is 27.7 Å². The van der Waals surface area contributed by atoms with Gasteiger partial charge in [0.25, 0.3) is 0 Å². The smallest absolute Gasteiger partial charge is 0.229 e. The van der Waals surface area contributed by atoms with E-state index in [2.05, 4.69) is 60.1 Å². The lowest BCUT2D eigenvalue weighted by atomic mass is 10.1. The van der Waals surface area contributed by atoms with Crippen LogP contribution in [0.15, 0.2) is 28.4 Å². The van der Waals surface area contributed by atoms with Crippen molar-refractivity contribution in [1.29, 1.82) is 5.26 Å². The van der Waals surface area contributed by atoms with Crippen molar-refractivity contribution in [2.24, 2.45) is 10.2 Å². The number of nitrogens with zero attached hydrogens (tertiary/aromatic N) is 6. The fraction of sp³-hybridized carbons (Fsp3) is 0.600. The summed E-state index contributed by atoms with van der Waals surface area (Å²) in [4.78, 5) is 6.26. The minimum Gasteiger partial charge on any atom is -0.377 e. The van der Waals surface area contributed by atoms with E-state index < -0.39 is 0 Å². The standard InChI is InChI=1S/C30H45N6O4S/c1-8-35(12-14-37-16-18-39-20-21-40-19-17-38-15-13-36(6,7)9-2)26-10-11-27(24(3)22-26)33-34-30-29(32-5)25(4)28(23-31)41-30/h10-11,22H,8-9,12-21H2,1-4,6-7H3/q+1. The lowest BCUT2D eigenvalue weighted by Crippen LogP contribution is -2.42. The number of hydrogen-bond acceptors (Lipinski definition) is 9. The Morgan fingerprint density at radius 3 is 2.10 bits per heavy atom. The first-order chi connectivity index (χ1) is 19.8. The molecule has 0 spiro atoms. The van der Waals surface area contributed by atoms with Gasteiger partial charge in [-0.1, -0.05) is 0 Å². The van der Waals surface area contributed by atoms with E-state index in [1.165, 1.54) is 11.3 Å².